The van der Waals surface area contributed by atoms with Gasteiger partial charge in [-0.25, -0.2) is 8.42 Å². The van der Waals surface area contributed by atoms with Gasteiger partial charge < -0.3 is 14.8 Å². The van der Waals surface area contributed by atoms with Crippen molar-refractivity contribution in [3.8, 4) is 11.5 Å². The molecule has 0 aliphatic rings. The number of rotatable bonds is 10. The lowest BCUT2D eigenvalue weighted by Gasteiger charge is -2.25. The minimum absolute atomic E-state index is 0.106. The van der Waals surface area contributed by atoms with E-state index >= 15 is 0 Å². The van der Waals surface area contributed by atoms with Gasteiger partial charge in [0.15, 0.2) is 0 Å². The monoisotopic (exact) mass is 468 g/mol. The molecule has 3 aromatic carbocycles. The van der Waals surface area contributed by atoms with Gasteiger partial charge in [-0.1, -0.05) is 30.3 Å². The lowest BCUT2D eigenvalue weighted by Crippen LogP contribution is -2.41. The lowest BCUT2D eigenvalue weighted by molar-refractivity contribution is -0.120. The number of amides is 1. The molecule has 174 valence electrons. The van der Waals surface area contributed by atoms with Crippen LogP contribution >= 0.6 is 0 Å². The minimum atomic E-state index is -3.97. The van der Waals surface area contributed by atoms with Gasteiger partial charge >= 0.3 is 0 Å². The molecular formula is C25H28N2O5S. The SMILES string of the molecule is CCOc1ccc(N(CC(=O)N[C@@H](C)c2ccc(OC)cc2)S(=O)(=O)c2ccccc2)cc1. The smallest absolute Gasteiger partial charge is 0.264 e. The highest BCUT2D eigenvalue weighted by Gasteiger charge is 2.27. The third-order valence-electron chi connectivity index (χ3n) is 5.05. The molecule has 0 heterocycles. The summed E-state index contributed by atoms with van der Waals surface area (Å²) >= 11 is 0. The highest BCUT2D eigenvalue weighted by Crippen LogP contribution is 2.26. The summed E-state index contributed by atoms with van der Waals surface area (Å²) < 4.78 is 38.5. The topological polar surface area (TPSA) is 84.9 Å². The average Bonchev–Trinajstić information content (AvgIpc) is 2.84. The van der Waals surface area contributed by atoms with E-state index in [1.165, 1.54) is 12.1 Å². The number of carbonyl (C=O) groups is 1. The fourth-order valence-electron chi connectivity index (χ4n) is 3.30. The van der Waals surface area contributed by atoms with E-state index in [2.05, 4.69) is 5.32 Å². The Labute approximate surface area is 195 Å². The van der Waals surface area contributed by atoms with Crippen molar-refractivity contribution in [2.45, 2.75) is 24.8 Å². The summed E-state index contributed by atoms with van der Waals surface area (Å²) in [5, 5.41) is 2.88. The summed E-state index contributed by atoms with van der Waals surface area (Å²) in [5.41, 5.74) is 1.25. The maximum Gasteiger partial charge on any atom is 0.264 e. The summed E-state index contributed by atoms with van der Waals surface area (Å²) in [4.78, 5) is 13.0. The maximum absolute atomic E-state index is 13.4. The molecule has 0 unspecified atom stereocenters. The van der Waals surface area contributed by atoms with Crippen molar-refractivity contribution in [3.05, 3.63) is 84.4 Å². The van der Waals surface area contributed by atoms with E-state index in [0.29, 0.717) is 23.8 Å². The molecule has 3 aromatic rings. The molecule has 0 fully saturated rings. The average molecular weight is 469 g/mol. The van der Waals surface area contributed by atoms with Crippen molar-refractivity contribution < 1.29 is 22.7 Å². The maximum atomic E-state index is 13.4. The Morgan fingerprint density at radius 1 is 0.939 bits per heavy atom. The Kier molecular flexibility index (Phi) is 7.95. The van der Waals surface area contributed by atoms with E-state index in [4.69, 9.17) is 9.47 Å². The number of hydrogen-bond acceptors (Lipinski definition) is 5. The first-order valence-corrected chi connectivity index (χ1v) is 12.0. The van der Waals surface area contributed by atoms with Gasteiger partial charge in [0.25, 0.3) is 10.0 Å². The lowest BCUT2D eigenvalue weighted by atomic mass is 10.1. The number of hydrogen-bond donors (Lipinski definition) is 1. The molecule has 0 spiro atoms. The van der Waals surface area contributed by atoms with Crippen LogP contribution in [0.15, 0.2) is 83.8 Å². The van der Waals surface area contributed by atoms with Gasteiger partial charge in [-0.05, 0) is 67.9 Å². The zero-order chi connectivity index (χ0) is 23.8. The number of nitrogens with one attached hydrogen (secondary N) is 1. The first kappa shape index (κ1) is 24.1. The fraction of sp³-hybridized carbons (Fsp3) is 0.240. The van der Waals surface area contributed by atoms with Crippen LogP contribution in [0.2, 0.25) is 0 Å². The number of anilines is 1. The van der Waals surface area contributed by atoms with Gasteiger partial charge in [0.05, 0.1) is 30.3 Å². The molecule has 1 N–H and O–H groups in total. The van der Waals surface area contributed by atoms with Gasteiger partial charge in [0.1, 0.15) is 18.0 Å². The standard InChI is InChI=1S/C25H28N2O5S/c1-4-32-23-16-12-21(13-17-23)27(33(29,30)24-8-6-5-7-9-24)18-25(28)26-19(2)20-10-14-22(31-3)15-11-20/h5-17,19H,4,18H2,1-3H3,(H,26,28)/t19-/m0/s1. The number of nitrogens with zero attached hydrogens (tertiary/aromatic N) is 1. The molecule has 1 atom stereocenters. The summed E-state index contributed by atoms with van der Waals surface area (Å²) in [7, 11) is -2.38. The second-order valence-electron chi connectivity index (χ2n) is 7.31. The van der Waals surface area contributed by atoms with E-state index in [1.54, 1.807) is 49.6 Å². The van der Waals surface area contributed by atoms with Crippen LogP contribution in [0, 0.1) is 0 Å². The van der Waals surface area contributed by atoms with E-state index in [-0.39, 0.29) is 17.5 Å². The van der Waals surface area contributed by atoms with Gasteiger partial charge in [0, 0.05) is 0 Å². The van der Waals surface area contributed by atoms with Gasteiger partial charge in [0.2, 0.25) is 5.91 Å². The van der Waals surface area contributed by atoms with Crippen LogP contribution in [0.25, 0.3) is 0 Å². The molecule has 0 aromatic heterocycles. The van der Waals surface area contributed by atoms with E-state index in [9.17, 15) is 13.2 Å². The van der Waals surface area contributed by atoms with Crippen molar-refractivity contribution >= 4 is 21.6 Å². The highest BCUT2D eigenvalue weighted by atomic mass is 32.2. The molecule has 7 nitrogen and oxygen atoms in total. The number of sulfonamides is 1. The molecule has 3 rings (SSSR count). The Hall–Kier alpha value is -3.52. The zero-order valence-corrected chi connectivity index (χ0v) is 19.7. The summed E-state index contributed by atoms with van der Waals surface area (Å²) in [6.07, 6.45) is 0. The molecular weight excluding hydrogens is 440 g/mol. The summed E-state index contributed by atoms with van der Waals surface area (Å²) in [5.74, 6) is 0.913. The molecule has 0 aliphatic carbocycles. The highest BCUT2D eigenvalue weighted by molar-refractivity contribution is 7.92. The van der Waals surface area contributed by atoms with Crippen LogP contribution in [0.1, 0.15) is 25.5 Å². The molecule has 8 heteroatoms. The number of carbonyl (C=O) groups excluding carboxylic acids is 1. The van der Waals surface area contributed by atoms with Crippen LogP contribution in [0.5, 0.6) is 11.5 Å². The number of benzene rings is 3. The first-order chi connectivity index (χ1) is 15.8. The summed E-state index contributed by atoms with van der Waals surface area (Å²) in [6, 6.07) is 21.7. The Morgan fingerprint density at radius 2 is 1.55 bits per heavy atom. The number of ether oxygens (including phenoxy) is 2. The van der Waals surface area contributed by atoms with Crippen LogP contribution in [-0.2, 0) is 14.8 Å². The largest absolute Gasteiger partial charge is 0.497 e. The molecule has 0 saturated heterocycles. The van der Waals surface area contributed by atoms with Crippen molar-refractivity contribution in [1.29, 1.82) is 0 Å². The van der Waals surface area contributed by atoms with E-state index in [0.717, 1.165) is 9.87 Å². The minimum Gasteiger partial charge on any atom is -0.497 e. The van der Waals surface area contributed by atoms with Crippen LogP contribution in [-0.4, -0.2) is 34.6 Å². The molecule has 0 saturated carbocycles. The Morgan fingerprint density at radius 3 is 2.12 bits per heavy atom. The third-order valence-corrected chi connectivity index (χ3v) is 6.84. The third kappa shape index (κ3) is 6.04. The van der Waals surface area contributed by atoms with Crippen LogP contribution in [0.4, 0.5) is 5.69 Å². The second-order valence-corrected chi connectivity index (χ2v) is 9.18. The molecule has 33 heavy (non-hydrogen) atoms. The van der Waals surface area contributed by atoms with Crippen LogP contribution in [0.3, 0.4) is 0 Å². The van der Waals surface area contributed by atoms with Crippen LogP contribution < -0.4 is 19.1 Å². The molecule has 0 aliphatic heterocycles. The van der Waals surface area contributed by atoms with Gasteiger partial charge in [-0.3, -0.25) is 9.10 Å². The zero-order valence-electron chi connectivity index (χ0n) is 18.9. The molecule has 1 amide bonds. The first-order valence-electron chi connectivity index (χ1n) is 10.6. The van der Waals surface area contributed by atoms with Gasteiger partial charge in [-0.2, -0.15) is 0 Å². The van der Waals surface area contributed by atoms with E-state index < -0.39 is 15.9 Å². The van der Waals surface area contributed by atoms with Crippen molar-refractivity contribution in [2.75, 3.05) is 24.6 Å². The fourth-order valence-corrected chi connectivity index (χ4v) is 4.75. The van der Waals surface area contributed by atoms with Crippen molar-refractivity contribution in [1.82, 2.24) is 5.32 Å². The van der Waals surface area contributed by atoms with Crippen molar-refractivity contribution in [3.63, 3.8) is 0 Å². The predicted molar refractivity (Wildman–Crippen MR) is 128 cm³/mol. The van der Waals surface area contributed by atoms with E-state index in [1.807, 2.05) is 38.1 Å². The quantitative estimate of drug-likeness (QED) is 0.483. The predicted octanol–water partition coefficient (Wildman–Crippen LogP) is 4.17. The van der Waals surface area contributed by atoms with Gasteiger partial charge in [-0.15, -0.1) is 0 Å². The molecule has 0 radical (unpaired) electrons. The Balaban J connectivity index is 1.84. The van der Waals surface area contributed by atoms with Crippen molar-refractivity contribution in [2.24, 2.45) is 0 Å². The summed E-state index contributed by atoms with van der Waals surface area (Å²) in [6.45, 7) is 3.84. The molecule has 0 bridgehead atoms. The Bertz CT molecular complexity index is 1150. The second kappa shape index (κ2) is 10.9. The number of methoxy groups -OCH3 is 1. The normalized spacial score (nSPS) is 12.0.